The summed E-state index contributed by atoms with van der Waals surface area (Å²) in [5.41, 5.74) is 0.366. The molecule has 6 rings (SSSR count). The molecule has 12 heteroatoms. The molecule has 1 unspecified atom stereocenters. The summed E-state index contributed by atoms with van der Waals surface area (Å²) in [4.78, 5) is 32.1. The number of ether oxygens (including phenoxy) is 2. The molecule has 1 amide bonds. The Bertz CT molecular complexity index is 1710. The lowest BCUT2D eigenvalue weighted by Gasteiger charge is -2.35. The second-order valence-electron chi connectivity index (χ2n) is 10.6. The Labute approximate surface area is 252 Å². The van der Waals surface area contributed by atoms with Gasteiger partial charge in [-0.2, -0.15) is 9.97 Å². The molecule has 2 aromatic carbocycles. The molecule has 43 heavy (non-hydrogen) atoms. The lowest BCUT2D eigenvalue weighted by molar-refractivity contribution is -0.126. The Balaban J connectivity index is 1.24. The Hall–Kier alpha value is -3.93. The van der Waals surface area contributed by atoms with Crippen LogP contribution in [0.2, 0.25) is 5.02 Å². The molecular weight excluding hydrogens is 578 g/mol. The van der Waals surface area contributed by atoms with Crippen LogP contribution in [0.4, 0.5) is 14.6 Å². The maximum Gasteiger partial charge on any atom is 0.318 e. The molecule has 2 aliphatic rings. The number of fused-ring (bicyclic) bond motifs is 2. The summed E-state index contributed by atoms with van der Waals surface area (Å²) < 4.78 is 41.3. The first-order chi connectivity index (χ1) is 20.9. The number of pyridine rings is 1. The van der Waals surface area contributed by atoms with E-state index < -0.39 is 11.6 Å². The zero-order valence-electron chi connectivity index (χ0n) is 23.9. The molecule has 9 nitrogen and oxygen atoms in total. The minimum Gasteiger partial charge on any atom is -0.467 e. The van der Waals surface area contributed by atoms with Gasteiger partial charge in [-0.3, -0.25) is 14.7 Å². The van der Waals surface area contributed by atoms with Crippen LogP contribution in [-0.2, 0) is 9.53 Å². The maximum atomic E-state index is 16.2. The summed E-state index contributed by atoms with van der Waals surface area (Å²) in [6.45, 7) is 4.45. The number of carbonyl (C=O) groups is 1. The smallest absolute Gasteiger partial charge is 0.318 e. The highest BCUT2D eigenvalue weighted by molar-refractivity contribution is 6.36. The SMILES string of the molecule is COc1nc(N2CCN(C(=O)/C=C/CN3CCC(OC)C3)CC2)c2cnc(-c3cccc4ccc(F)c(Cl)c34)c(F)c2n1. The predicted molar refractivity (Wildman–Crippen MR) is 162 cm³/mol. The number of anilines is 1. The average molecular weight is 609 g/mol. The second kappa shape index (κ2) is 12.4. The molecule has 2 aromatic heterocycles. The van der Waals surface area contributed by atoms with Gasteiger partial charge in [0.05, 0.1) is 23.6 Å². The van der Waals surface area contributed by atoms with Crippen molar-refractivity contribution < 1.29 is 23.0 Å². The fraction of sp³-hybridized carbons (Fsp3) is 0.355. The van der Waals surface area contributed by atoms with Crippen molar-refractivity contribution in [3.05, 3.63) is 65.3 Å². The average Bonchev–Trinajstić information content (AvgIpc) is 3.50. The highest BCUT2D eigenvalue weighted by Crippen LogP contribution is 2.38. The molecule has 0 N–H and O–H groups in total. The number of halogens is 3. The quantitative estimate of drug-likeness (QED) is 0.279. The standard InChI is InChI=1S/C31H31ClF2N6O3/c1-42-20-10-12-38(18-20)11-4-7-24(41)39-13-15-40(16-14-39)30-22-17-35-28(27(34)29(22)36-31(37-30)43-2)21-6-3-5-19-8-9-23(33)26(32)25(19)21/h3-9,17,20H,10-16,18H2,1-2H3/b7-4+. The fourth-order valence-electron chi connectivity index (χ4n) is 5.75. The molecule has 2 saturated heterocycles. The third-order valence-electron chi connectivity index (χ3n) is 8.09. The number of aromatic nitrogens is 3. The number of hydrogen-bond acceptors (Lipinski definition) is 8. The predicted octanol–water partition coefficient (Wildman–Crippen LogP) is 4.71. The van der Waals surface area contributed by atoms with E-state index in [1.165, 1.54) is 19.4 Å². The minimum absolute atomic E-state index is 0.000360. The van der Waals surface area contributed by atoms with Gasteiger partial charge in [-0.1, -0.05) is 41.9 Å². The van der Waals surface area contributed by atoms with Crippen LogP contribution in [0.1, 0.15) is 6.42 Å². The van der Waals surface area contributed by atoms with E-state index in [9.17, 15) is 9.18 Å². The van der Waals surface area contributed by atoms with E-state index in [4.69, 9.17) is 21.1 Å². The molecule has 0 bridgehead atoms. The summed E-state index contributed by atoms with van der Waals surface area (Å²) in [5, 5.41) is 1.32. The third-order valence-corrected chi connectivity index (χ3v) is 8.46. The van der Waals surface area contributed by atoms with Crippen molar-refractivity contribution in [1.29, 1.82) is 0 Å². The Kier molecular flexibility index (Phi) is 8.38. The molecule has 2 fully saturated rings. The van der Waals surface area contributed by atoms with Crippen LogP contribution < -0.4 is 9.64 Å². The van der Waals surface area contributed by atoms with E-state index in [0.29, 0.717) is 60.3 Å². The van der Waals surface area contributed by atoms with Gasteiger partial charge in [0.15, 0.2) is 5.82 Å². The Morgan fingerprint density at radius 1 is 1.09 bits per heavy atom. The van der Waals surface area contributed by atoms with Crippen molar-refractivity contribution in [2.75, 3.05) is 64.9 Å². The fourth-order valence-corrected chi connectivity index (χ4v) is 6.02. The van der Waals surface area contributed by atoms with Crippen LogP contribution in [0, 0.1) is 11.6 Å². The van der Waals surface area contributed by atoms with Crippen LogP contribution in [-0.4, -0.2) is 96.8 Å². The summed E-state index contributed by atoms with van der Waals surface area (Å²) in [6, 6.07) is 8.03. The summed E-state index contributed by atoms with van der Waals surface area (Å²) >= 11 is 6.31. The number of benzene rings is 2. The molecule has 0 radical (unpaired) electrons. The van der Waals surface area contributed by atoms with Gasteiger partial charge < -0.3 is 19.3 Å². The zero-order chi connectivity index (χ0) is 30.1. The molecule has 1 atom stereocenters. The van der Waals surface area contributed by atoms with E-state index in [1.807, 2.05) is 11.0 Å². The molecule has 2 aliphatic heterocycles. The number of carbonyl (C=O) groups excluding carboxylic acids is 1. The minimum atomic E-state index is -0.693. The van der Waals surface area contributed by atoms with E-state index in [1.54, 1.807) is 42.4 Å². The molecule has 0 spiro atoms. The van der Waals surface area contributed by atoms with E-state index in [2.05, 4.69) is 19.9 Å². The first-order valence-corrected chi connectivity index (χ1v) is 14.5. The van der Waals surface area contributed by atoms with Crippen LogP contribution >= 0.6 is 11.6 Å². The molecule has 4 aromatic rings. The van der Waals surface area contributed by atoms with Crippen molar-refractivity contribution >= 4 is 45.0 Å². The number of amides is 1. The maximum absolute atomic E-state index is 16.2. The van der Waals surface area contributed by atoms with Crippen LogP contribution in [0.5, 0.6) is 6.01 Å². The number of rotatable bonds is 7. The van der Waals surface area contributed by atoms with Crippen molar-refractivity contribution in [2.24, 2.45) is 0 Å². The number of nitrogens with zero attached hydrogens (tertiary/aromatic N) is 6. The zero-order valence-corrected chi connectivity index (χ0v) is 24.7. The lowest BCUT2D eigenvalue weighted by atomic mass is 10.0. The summed E-state index contributed by atoms with van der Waals surface area (Å²) in [7, 11) is 3.14. The molecule has 0 saturated carbocycles. The first kappa shape index (κ1) is 29.2. The normalized spacial score (nSPS) is 17.9. The van der Waals surface area contributed by atoms with Gasteiger partial charge in [-0.25, -0.2) is 8.78 Å². The van der Waals surface area contributed by atoms with E-state index in [-0.39, 0.29) is 34.3 Å². The van der Waals surface area contributed by atoms with Crippen LogP contribution in [0.15, 0.2) is 48.7 Å². The monoisotopic (exact) mass is 608 g/mol. The third kappa shape index (κ3) is 5.72. The van der Waals surface area contributed by atoms with E-state index >= 15 is 4.39 Å². The second-order valence-corrected chi connectivity index (χ2v) is 11.0. The van der Waals surface area contributed by atoms with Gasteiger partial charge in [0, 0.05) is 76.1 Å². The first-order valence-electron chi connectivity index (χ1n) is 14.1. The van der Waals surface area contributed by atoms with E-state index in [0.717, 1.165) is 19.5 Å². The number of piperazine rings is 1. The van der Waals surface area contributed by atoms with Gasteiger partial charge in [0.25, 0.3) is 0 Å². The summed E-state index contributed by atoms with van der Waals surface area (Å²) in [5.74, 6) is -0.879. The lowest BCUT2D eigenvalue weighted by Crippen LogP contribution is -2.48. The number of likely N-dealkylation sites (tertiary alicyclic amines) is 1. The Morgan fingerprint density at radius 2 is 1.91 bits per heavy atom. The van der Waals surface area contributed by atoms with Gasteiger partial charge in [-0.05, 0) is 17.9 Å². The van der Waals surface area contributed by atoms with Gasteiger partial charge >= 0.3 is 6.01 Å². The van der Waals surface area contributed by atoms with Crippen molar-refractivity contribution in [3.8, 4) is 17.3 Å². The Morgan fingerprint density at radius 3 is 2.65 bits per heavy atom. The number of methoxy groups -OCH3 is 2. The van der Waals surface area contributed by atoms with Gasteiger partial charge in [-0.15, -0.1) is 0 Å². The topological polar surface area (TPSA) is 83.9 Å². The largest absolute Gasteiger partial charge is 0.467 e. The van der Waals surface area contributed by atoms with Crippen LogP contribution in [0.25, 0.3) is 32.9 Å². The highest BCUT2D eigenvalue weighted by Gasteiger charge is 2.26. The van der Waals surface area contributed by atoms with Crippen molar-refractivity contribution in [3.63, 3.8) is 0 Å². The highest BCUT2D eigenvalue weighted by atomic mass is 35.5. The molecule has 0 aliphatic carbocycles. The summed E-state index contributed by atoms with van der Waals surface area (Å²) in [6.07, 6.45) is 6.30. The molecular formula is C31H31ClF2N6O3. The van der Waals surface area contributed by atoms with Crippen molar-refractivity contribution in [1.82, 2.24) is 24.8 Å². The molecule has 224 valence electrons. The van der Waals surface area contributed by atoms with Gasteiger partial charge in [0.2, 0.25) is 5.91 Å². The van der Waals surface area contributed by atoms with Gasteiger partial charge in [0.1, 0.15) is 22.8 Å². The molecule has 4 heterocycles. The van der Waals surface area contributed by atoms with Crippen molar-refractivity contribution in [2.45, 2.75) is 12.5 Å². The number of hydrogen-bond donors (Lipinski definition) is 0. The van der Waals surface area contributed by atoms with Crippen LogP contribution in [0.3, 0.4) is 0 Å².